The second-order valence-electron chi connectivity index (χ2n) is 10.8. The SMILES string of the molecule is Cc1nc2sc(-c3ccnc(Nc4cccc(N5CCN(CCO)CC5)c4)n3)c(-c3ccccc3)n2c(=O)c1C(C)C. The lowest BCUT2D eigenvalue weighted by molar-refractivity contribution is 0.189. The smallest absolute Gasteiger partial charge is 0.262 e. The van der Waals surface area contributed by atoms with Gasteiger partial charge in [0.05, 0.1) is 22.9 Å². The number of aromatic nitrogens is 4. The number of piperazine rings is 1. The predicted molar refractivity (Wildman–Crippen MR) is 170 cm³/mol. The van der Waals surface area contributed by atoms with Gasteiger partial charge in [0.15, 0.2) is 4.96 Å². The summed E-state index contributed by atoms with van der Waals surface area (Å²) in [5, 5.41) is 12.6. The van der Waals surface area contributed by atoms with Crippen LogP contribution in [0.5, 0.6) is 0 Å². The predicted octanol–water partition coefficient (Wildman–Crippen LogP) is 5.17. The van der Waals surface area contributed by atoms with Crippen molar-refractivity contribution in [2.45, 2.75) is 26.7 Å². The van der Waals surface area contributed by atoms with E-state index < -0.39 is 0 Å². The van der Waals surface area contributed by atoms with Crippen LogP contribution in [-0.4, -0.2) is 68.7 Å². The fraction of sp³-hybridized carbons (Fsp3) is 0.312. The molecule has 42 heavy (non-hydrogen) atoms. The average molecular weight is 582 g/mol. The Morgan fingerprint density at radius 2 is 1.79 bits per heavy atom. The molecule has 10 heteroatoms. The second-order valence-corrected chi connectivity index (χ2v) is 11.8. The van der Waals surface area contributed by atoms with Crippen LogP contribution in [0.25, 0.3) is 26.8 Å². The third-order valence-corrected chi connectivity index (χ3v) is 8.74. The summed E-state index contributed by atoms with van der Waals surface area (Å²) in [5.41, 5.74) is 5.95. The highest BCUT2D eigenvalue weighted by molar-refractivity contribution is 7.20. The molecule has 2 aromatic carbocycles. The highest BCUT2D eigenvalue weighted by atomic mass is 32.1. The number of aryl methyl sites for hydroxylation is 1. The van der Waals surface area contributed by atoms with Crippen molar-refractivity contribution in [2.75, 3.05) is 49.5 Å². The van der Waals surface area contributed by atoms with Crippen LogP contribution in [0.2, 0.25) is 0 Å². The number of rotatable bonds is 8. The molecule has 5 aromatic rings. The van der Waals surface area contributed by atoms with E-state index in [2.05, 4.69) is 32.2 Å². The van der Waals surface area contributed by atoms with Crippen LogP contribution in [0.1, 0.15) is 31.0 Å². The largest absolute Gasteiger partial charge is 0.395 e. The molecule has 0 unspecified atom stereocenters. The first-order valence-corrected chi connectivity index (χ1v) is 15.1. The lowest BCUT2D eigenvalue weighted by Crippen LogP contribution is -2.47. The molecule has 1 aliphatic heterocycles. The van der Waals surface area contributed by atoms with Crippen molar-refractivity contribution in [3.63, 3.8) is 0 Å². The molecule has 0 bridgehead atoms. The van der Waals surface area contributed by atoms with E-state index in [1.54, 1.807) is 10.6 Å². The van der Waals surface area contributed by atoms with Crippen LogP contribution in [0.3, 0.4) is 0 Å². The summed E-state index contributed by atoms with van der Waals surface area (Å²) in [5.74, 6) is 0.539. The maximum absolute atomic E-state index is 13.8. The summed E-state index contributed by atoms with van der Waals surface area (Å²) < 4.78 is 1.75. The number of benzene rings is 2. The Morgan fingerprint density at radius 3 is 2.52 bits per heavy atom. The highest BCUT2D eigenvalue weighted by Crippen LogP contribution is 2.38. The number of fused-ring (bicyclic) bond motifs is 1. The van der Waals surface area contributed by atoms with E-state index in [-0.39, 0.29) is 18.1 Å². The Labute approximate surface area is 249 Å². The van der Waals surface area contributed by atoms with Crippen LogP contribution in [0.15, 0.2) is 71.7 Å². The van der Waals surface area contributed by atoms with Gasteiger partial charge in [-0.25, -0.2) is 19.4 Å². The average Bonchev–Trinajstić information content (AvgIpc) is 3.38. The summed E-state index contributed by atoms with van der Waals surface area (Å²) in [4.78, 5) is 34.2. The molecule has 0 aliphatic carbocycles. The lowest BCUT2D eigenvalue weighted by Gasteiger charge is -2.35. The Balaban J connectivity index is 1.36. The molecule has 1 aliphatic rings. The maximum atomic E-state index is 13.8. The molecule has 0 amide bonds. The van der Waals surface area contributed by atoms with Crippen molar-refractivity contribution in [1.82, 2.24) is 24.3 Å². The molecule has 3 aromatic heterocycles. The van der Waals surface area contributed by atoms with Gasteiger partial charge in [0, 0.05) is 67.1 Å². The molecule has 9 nitrogen and oxygen atoms in total. The van der Waals surface area contributed by atoms with Crippen molar-refractivity contribution in [3.05, 3.63) is 88.5 Å². The zero-order valence-corrected chi connectivity index (χ0v) is 24.9. The summed E-state index contributed by atoms with van der Waals surface area (Å²) >= 11 is 1.47. The van der Waals surface area contributed by atoms with Crippen LogP contribution in [0, 0.1) is 6.92 Å². The number of anilines is 3. The molecule has 4 heterocycles. The minimum Gasteiger partial charge on any atom is -0.395 e. The number of nitrogens with one attached hydrogen (secondary N) is 1. The molecule has 0 saturated carbocycles. The van der Waals surface area contributed by atoms with E-state index in [0.29, 0.717) is 10.9 Å². The van der Waals surface area contributed by atoms with Crippen LogP contribution >= 0.6 is 11.3 Å². The highest BCUT2D eigenvalue weighted by Gasteiger charge is 2.23. The minimum absolute atomic E-state index is 0.0322. The number of aliphatic hydroxyl groups excluding tert-OH is 1. The molecule has 2 N–H and O–H groups in total. The summed E-state index contributed by atoms with van der Waals surface area (Å²) in [7, 11) is 0. The fourth-order valence-electron chi connectivity index (χ4n) is 5.64. The topological polar surface area (TPSA) is 98.9 Å². The monoisotopic (exact) mass is 581 g/mol. The van der Waals surface area contributed by atoms with Gasteiger partial charge >= 0.3 is 0 Å². The molecule has 1 fully saturated rings. The van der Waals surface area contributed by atoms with Gasteiger partial charge in [0.2, 0.25) is 5.95 Å². The third kappa shape index (κ3) is 5.53. The standard InChI is InChI=1S/C32H35N7O2S/c1-21(2)27-22(3)34-32-39(30(27)41)28(23-8-5-4-6-9-23)29(42-32)26-12-13-33-31(36-26)35-24-10-7-11-25(20-24)38-16-14-37(15-17-38)18-19-40/h4-13,20-21,40H,14-19H2,1-3H3,(H,33,35,36). The maximum Gasteiger partial charge on any atom is 0.262 e. The molecular weight excluding hydrogens is 546 g/mol. The van der Waals surface area contributed by atoms with Crippen molar-refractivity contribution in [3.8, 4) is 21.8 Å². The molecule has 0 spiro atoms. The molecule has 0 radical (unpaired) electrons. The van der Waals surface area contributed by atoms with Crippen molar-refractivity contribution in [1.29, 1.82) is 0 Å². The van der Waals surface area contributed by atoms with Gasteiger partial charge in [0.1, 0.15) is 0 Å². The Morgan fingerprint density at radius 1 is 1.00 bits per heavy atom. The molecule has 0 atom stereocenters. The fourth-order valence-corrected chi connectivity index (χ4v) is 6.80. The van der Waals surface area contributed by atoms with Gasteiger partial charge in [0.25, 0.3) is 5.56 Å². The van der Waals surface area contributed by atoms with Gasteiger partial charge in [-0.2, -0.15) is 0 Å². The van der Waals surface area contributed by atoms with E-state index in [1.807, 2.05) is 69.3 Å². The number of hydrogen-bond acceptors (Lipinski definition) is 9. The van der Waals surface area contributed by atoms with Crippen molar-refractivity contribution >= 4 is 33.6 Å². The number of thiazole rings is 1. The van der Waals surface area contributed by atoms with Crippen molar-refractivity contribution in [2.24, 2.45) is 0 Å². The van der Waals surface area contributed by atoms with Gasteiger partial charge in [-0.05, 0) is 37.1 Å². The number of β-amino-alcohol motifs (C(OH)–C–C–N with tert-alkyl or cyclic N) is 1. The first-order valence-electron chi connectivity index (χ1n) is 14.3. The van der Waals surface area contributed by atoms with E-state index in [9.17, 15) is 9.90 Å². The van der Waals surface area contributed by atoms with Gasteiger partial charge in [-0.15, -0.1) is 0 Å². The molecule has 1 saturated heterocycles. The Kier molecular flexibility index (Phi) is 8.01. The first kappa shape index (κ1) is 28.0. The van der Waals surface area contributed by atoms with Crippen LogP contribution in [-0.2, 0) is 0 Å². The van der Waals surface area contributed by atoms with E-state index in [4.69, 9.17) is 9.97 Å². The molecule has 6 rings (SSSR count). The number of nitrogens with zero attached hydrogens (tertiary/aromatic N) is 6. The van der Waals surface area contributed by atoms with Crippen LogP contribution in [0.4, 0.5) is 17.3 Å². The first-order chi connectivity index (χ1) is 20.4. The van der Waals surface area contributed by atoms with Gasteiger partial charge in [-0.3, -0.25) is 9.69 Å². The zero-order valence-electron chi connectivity index (χ0n) is 24.1. The lowest BCUT2D eigenvalue weighted by atomic mass is 10.0. The van der Waals surface area contributed by atoms with E-state index in [0.717, 1.165) is 77.2 Å². The van der Waals surface area contributed by atoms with Crippen molar-refractivity contribution < 1.29 is 5.11 Å². The molecular formula is C32H35N7O2S. The zero-order chi connectivity index (χ0) is 29.2. The Hall–Kier alpha value is -4.12. The molecule has 216 valence electrons. The van der Waals surface area contributed by atoms with Crippen LogP contribution < -0.4 is 15.8 Å². The van der Waals surface area contributed by atoms with Gasteiger partial charge < -0.3 is 15.3 Å². The minimum atomic E-state index is -0.0322. The van der Waals surface area contributed by atoms with Gasteiger partial charge in [-0.1, -0.05) is 61.6 Å². The summed E-state index contributed by atoms with van der Waals surface area (Å²) in [6, 6.07) is 20.1. The second kappa shape index (κ2) is 12.0. The number of aliphatic hydroxyl groups is 1. The third-order valence-electron chi connectivity index (χ3n) is 7.68. The summed E-state index contributed by atoms with van der Waals surface area (Å²) in [6.07, 6.45) is 1.75. The number of hydrogen-bond donors (Lipinski definition) is 2. The Bertz CT molecular complexity index is 1760. The van der Waals surface area contributed by atoms with E-state index >= 15 is 0 Å². The normalized spacial score (nSPS) is 14.2. The summed E-state index contributed by atoms with van der Waals surface area (Å²) in [6.45, 7) is 10.6. The van der Waals surface area contributed by atoms with E-state index in [1.165, 1.54) is 11.3 Å². The quantitative estimate of drug-likeness (QED) is 0.259.